The van der Waals surface area contributed by atoms with Gasteiger partial charge in [-0.05, 0) is 31.0 Å². The van der Waals surface area contributed by atoms with Crippen LogP contribution in [0.1, 0.15) is 18.7 Å². The summed E-state index contributed by atoms with van der Waals surface area (Å²) in [4.78, 5) is 4.31. The fraction of sp³-hybridized carbons (Fsp3) is 0.400. The van der Waals surface area contributed by atoms with E-state index in [1.807, 2.05) is 12.1 Å². The average molecular weight is 293 g/mol. The zero-order valence-corrected chi connectivity index (χ0v) is 12.1. The largest absolute Gasteiger partial charge is 0.496 e. The van der Waals surface area contributed by atoms with Gasteiger partial charge in [0, 0.05) is 24.0 Å². The Bertz CT molecular complexity index is 593. The Hall–Kier alpha value is -1.52. The van der Waals surface area contributed by atoms with Gasteiger partial charge in [-0.2, -0.15) is 0 Å². The van der Waals surface area contributed by atoms with Crippen molar-refractivity contribution in [2.75, 3.05) is 13.7 Å². The summed E-state index contributed by atoms with van der Waals surface area (Å²) < 4.78 is 11.1. The molecule has 1 saturated carbocycles. The number of nitrogens with one attached hydrogen (secondary N) is 1. The molecule has 20 heavy (non-hydrogen) atoms. The van der Waals surface area contributed by atoms with Gasteiger partial charge in [-0.1, -0.05) is 11.6 Å². The van der Waals surface area contributed by atoms with Gasteiger partial charge in [-0.3, -0.25) is 0 Å². The summed E-state index contributed by atoms with van der Waals surface area (Å²) in [6.45, 7) is 0.900. The number of hydrogen-bond acceptors (Lipinski definition) is 4. The maximum absolute atomic E-state index is 6.03. The smallest absolute Gasteiger partial charge is 0.196 e. The molecule has 0 radical (unpaired) electrons. The van der Waals surface area contributed by atoms with E-state index in [0.29, 0.717) is 16.8 Å². The molecule has 0 bridgehead atoms. The van der Waals surface area contributed by atoms with E-state index in [4.69, 9.17) is 20.8 Å². The highest BCUT2D eigenvalue weighted by Gasteiger charge is 2.20. The number of halogens is 1. The molecule has 0 saturated heterocycles. The summed E-state index contributed by atoms with van der Waals surface area (Å²) in [5, 5.41) is 4.09. The van der Waals surface area contributed by atoms with Gasteiger partial charge in [0.2, 0.25) is 0 Å². The Morgan fingerprint density at radius 1 is 1.45 bits per heavy atom. The molecular formula is C15H17ClN2O2. The van der Waals surface area contributed by atoms with E-state index in [9.17, 15) is 0 Å². The van der Waals surface area contributed by atoms with Crippen molar-refractivity contribution in [2.45, 2.75) is 25.3 Å². The molecule has 5 heteroatoms. The van der Waals surface area contributed by atoms with Gasteiger partial charge in [0.05, 0.1) is 18.9 Å². The lowest BCUT2D eigenvalue weighted by Crippen LogP contribution is -2.19. The van der Waals surface area contributed by atoms with E-state index in [1.165, 1.54) is 12.8 Å². The van der Waals surface area contributed by atoms with Crippen LogP contribution in [0.5, 0.6) is 5.75 Å². The van der Waals surface area contributed by atoms with Crippen molar-refractivity contribution in [1.82, 2.24) is 10.3 Å². The summed E-state index contributed by atoms with van der Waals surface area (Å²) in [6.07, 6.45) is 5.09. The van der Waals surface area contributed by atoms with E-state index in [1.54, 1.807) is 19.4 Å². The minimum absolute atomic E-state index is 0.647. The molecule has 1 fully saturated rings. The Labute approximate surface area is 123 Å². The van der Waals surface area contributed by atoms with Crippen molar-refractivity contribution >= 4 is 11.6 Å². The molecule has 0 unspecified atom stereocenters. The second-order valence-corrected chi connectivity index (χ2v) is 5.38. The molecule has 3 rings (SSSR count). The van der Waals surface area contributed by atoms with Crippen LogP contribution >= 0.6 is 11.6 Å². The van der Waals surface area contributed by atoms with Crippen LogP contribution in [0.3, 0.4) is 0 Å². The number of oxazole rings is 1. The first kappa shape index (κ1) is 13.5. The molecule has 0 atom stereocenters. The molecule has 1 aromatic heterocycles. The van der Waals surface area contributed by atoms with E-state index >= 15 is 0 Å². The lowest BCUT2D eigenvalue weighted by atomic mass is 10.1. The standard InChI is InChI=1S/C15H17ClN2O2/c1-19-13-5-2-10(16)8-12(13)14-9-18-15(20-14)6-7-17-11-3-4-11/h2,5,8-9,11,17H,3-4,6-7H2,1H3. The van der Waals surface area contributed by atoms with Crippen molar-refractivity contribution in [1.29, 1.82) is 0 Å². The Kier molecular flexibility index (Phi) is 3.94. The molecule has 2 aromatic rings. The van der Waals surface area contributed by atoms with Crippen LogP contribution in [0, 0.1) is 0 Å². The quantitative estimate of drug-likeness (QED) is 0.887. The highest BCUT2D eigenvalue weighted by Crippen LogP contribution is 2.32. The number of hydrogen-bond donors (Lipinski definition) is 1. The first-order chi connectivity index (χ1) is 9.76. The molecule has 4 nitrogen and oxygen atoms in total. The van der Waals surface area contributed by atoms with Gasteiger partial charge in [-0.15, -0.1) is 0 Å². The first-order valence-corrected chi connectivity index (χ1v) is 7.16. The summed E-state index contributed by atoms with van der Waals surface area (Å²) in [5.41, 5.74) is 0.828. The highest BCUT2D eigenvalue weighted by atomic mass is 35.5. The molecule has 1 aliphatic rings. The lowest BCUT2D eigenvalue weighted by molar-refractivity contribution is 0.413. The number of nitrogens with zero attached hydrogens (tertiary/aromatic N) is 1. The molecule has 0 aliphatic heterocycles. The third-order valence-electron chi connectivity index (χ3n) is 3.33. The molecule has 1 heterocycles. The predicted octanol–water partition coefficient (Wildman–Crippen LogP) is 3.30. The van der Waals surface area contributed by atoms with E-state index < -0.39 is 0 Å². The number of methoxy groups -OCH3 is 1. The van der Waals surface area contributed by atoms with Crippen molar-refractivity contribution in [3.05, 3.63) is 35.3 Å². The Morgan fingerprint density at radius 3 is 3.05 bits per heavy atom. The van der Waals surface area contributed by atoms with Gasteiger partial charge < -0.3 is 14.5 Å². The maximum Gasteiger partial charge on any atom is 0.196 e. The van der Waals surface area contributed by atoms with Crippen LogP contribution in [-0.4, -0.2) is 24.7 Å². The molecule has 1 N–H and O–H groups in total. The molecule has 0 spiro atoms. The molecule has 1 aromatic carbocycles. The van der Waals surface area contributed by atoms with Crippen LogP contribution in [0.25, 0.3) is 11.3 Å². The average Bonchev–Trinajstić information content (AvgIpc) is 3.15. The van der Waals surface area contributed by atoms with Crippen molar-refractivity contribution in [3.63, 3.8) is 0 Å². The summed E-state index contributed by atoms with van der Waals surface area (Å²) in [5.74, 6) is 2.15. The zero-order chi connectivity index (χ0) is 13.9. The number of aromatic nitrogens is 1. The third-order valence-corrected chi connectivity index (χ3v) is 3.56. The van der Waals surface area contributed by atoms with Crippen LogP contribution in [-0.2, 0) is 6.42 Å². The van der Waals surface area contributed by atoms with Crippen LogP contribution in [0.15, 0.2) is 28.8 Å². The fourth-order valence-corrected chi connectivity index (χ4v) is 2.27. The van der Waals surface area contributed by atoms with Crippen LogP contribution < -0.4 is 10.1 Å². The van der Waals surface area contributed by atoms with Gasteiger partial charge >= 0.3 is 0 Å². The van der Waals surface area contributed by atoms with Crippen LogP contribution in [0.4, 0.5) is 0 Å². The fourth-order valence-electron chi connectivity index (χ4n) is 2.09. The Balaban J connectivity index is 1.73. The maximum atomic E-state index is 6.03. The molecule has 1 aliphatic carbocycles. The summed E-state index contributed by atoms with van der Waals surface area (Å²) in [6, 6.07) is 6.15. The minimum atomic E-state index is 0.647. The van der Waals surface area contributed by atoms with E-state index in [2.05, 4.69) is 10.3 Å². The SMILES string of the molecule is COc1ccc(Cl)cc1-c1cnc(CCNC2CC2)o1. The van der Waals surface area contributed by atoms with Gasteiger partial charge in [0.1, 0.15) is 5.75 Å². The first-order valence-electron chi connectivity index (χ1n) is 6.78. The topological polar surface area (TPSA) is 47.3 Å². The highest BCUT2D eigenvalue weighted by molar-refractivity contribution is 6.30. The summed E-state index contributed by atoms with van der Waals surface area (Å²) in [7, 11) is 1.63. The number of benzene rings is 1. The monoisotopic (exact) mass is 292 g/mol. The lowest BCUT2D eigenvalue weighted by Gasteiger charge is -2.05. The second kappa shape index (κ2) is 5.85. The second-order valence-electron chi connectivity index (χ2n) is 4.94. The van der Waals surface area contributed by atoms with E-state index in [0.717, 1.165) is 30.2 Å². The van der Waals surface area contributed by atoms with Crippen molar-refractivity contribution in [2.24, 2.45) is 0 Å². The number of rotatable bonds is 6. The molecule has 106 valence electrons. The zero-order valence-electron chi connectivity index (χ0n) is 11.4. The summed E-state index contributed by atoms with van der Waals surface area (Å²) >= 11 is 6.03. The van der Waals surface area contributed by atoms with Gasteiger partial charge in [0.15, 0.2) is 11.7 Å². The third kappa shape index (κ3) is 3.14. The van der Waals surface area contributed by atoms with Crippen molar-refractivity contribution in [3.8, 4) is 17.1 Å². The van der Waals surface area contributed by atoms with Crippen molar-refractivity contribution < 1.29 is 9.15 Å². The van der Waals surface area contributed by atoms with Crippen LogP contribution in [0.2, 0.25) is 5.02 Å². The minimum Gasteiger partial charge on any atom is -0.496 e. The normalized spacial score (nSPS) is 14.5. The van der Waals surface area contributed by atoms with Gasteiger partial charge in [0.25, 0.3) is 0 Å². The van der Waals surface area contributed by atoms with E-state index in [-0.39, 0.29) is 0 Å². The van der Waals surface area contributed by atoms with Gasteiger partial charge in [-0.25, -0.2) is 4.98 Å². The Morgan fingerprint density at radius 2 is 2.30 bits per heavy atom. The predicted molar refractivity (Wildman–Crippen MR) is 78.2 cm³/mol. The molecular weight excluding hydrogens is 276 g/mol. The molecule has 0 amide bonds. The number of ether oxygens (including phenoxy) is 1.